The number of anilines is 3. The van der Waals surface area contributed by atoms with Crippen LogP contribution in [0.3, 0.4) is 0 Å². The first-order chi connectivity index (χ1) is 11.2. The quantitative estimate of drug-likeness (QED) is 0.912. The molecule has 5 nitrogen and oxygen atoms in total. The molecule has 0 radical (unpaired) electrons. The highest BCUT2D eigenvalue weighted by atomic mass is 35.5. The lowest BCUT2D eigenvalue weighted by Crippen LogP contribution is -2.33. The average molecular weight is 333 g/mol. The smallest absolute Gasteiger partial charge is 0.229 e. The summed E-state index contributed by atoms with van der Waals surface area (Å²) >= 11 is 6.15. The molecule has 3 rings (SSSR count). The molecule has 1 N–H and O–H groups in total. The van der Waals surface area contributed by atoms with Crippen LogP contribution in [0.1, 0.15) is 19.8 Å². The van der Waals surface area contributed by atoms with Crippen molar-refractivity contribution in [1.82, 2.24) is 9.97 Å². The Balaban J connectivity index is 1.73. The molecule has 0 bridgehead atoms. The van der Waals surface area contributed by atoms with Gasteiger partial charge in [-0.3, -0.25) is 0 Å². The molecule has 122 valence electrons. The van der Waals surface area contributed by atoms with Gasteiger partial charge in [0.05, 0.1) is 12.1 Å². The number of hydrogen-bond acceptors (Lipinski definition) is 5. The fourth-order valence-corrected chi connectivity index (χ4v) is 2.95. The Morgan fingerprint density at radius 3 is 2.74 bits per heavy atom. The summed E-state index contributed by atoms with van der Waals surface area (Å²) in [5.74, 6) is 2.98. The van der Waals surface area contributed by atoms with Crippen molar-refractivity contribution in [2.75, 3.05) is 30.4 Å². The summed E-state index contributed by atoms with van der Waals surface area (Å²) in [5.41, 5.74) is 0.834. The second kappa shape index (κ2) is 7.04. The van der Waals surface area contributed by atoms with Crippen molar-refractivity contribution in [3.8, 4) is 5.75 Å². The van der Waals surface area contributed by atoms with Crippen LogP contribution < -0.4 is 15.0 Å². The molecule has 0 amide bonds. The minimum absolute atomic E-state index is 0.554. The zero-order chi connectivity index (χ0) is 16.2. The first kappa shape index (κ1) is 15.9. The van der Waals surface area contributed by atoms with Crippen molar-refractivity contribution in [2.24, 2.45) is 5.92 Å². The van der Waals surface area contributed by atoms with E-state index in [0.717, 1.165) is 30.5 Å². The van der Waals surface area contributed by atoms with Crippen molar-refractivity contribution < 1.29 is 4.74 Å². The summed E-state index contributed by atoms with van der Waals surface area (Å²) in [7, 11) is 1.60. The van der Waals surface area contributed by atoms with E-state index in [4.69, 9.17) is 16.3 Å². The number of piperidine rings is 1. The molecular weight excluding hydrogens is 312 g/mol. The Hall–Kier alpha value is -2.01. The van der Waals surface area contributed by atoms with E-state index in [2.05, 4.69) is 27.1 Å². The fourth-order valence-electron chi connectivity index (χ4n) is 2.70. The number of ether oxygens (including phenoxy) is 1. The van der Waals surface area contributed by atoms with E-state index in [9.17, 15) is 0 Å². The average Bonchev–Trinajstić information content (AvgIpc) is 2.56. The van der Waals surface area contributed by atoms with Crippen LogP contribution in [0, 0.1) is 5.92 Å². The standard InChI is InChI=1S/C17H21ClN4O/c1-12-6-9-22(10-7-12)16-5-8-19-17(21-16)20-13-3-4-15(23-2)14(18)11-13/h3-5,8,11-12H,6-7,9-10H2,1-2H3,(H,19,20,21). The van der Waals surface area contributed by atoms with Crippen molar-refractivity contribution in [3.05, 3.63) is 35.5 Å². The zero-order valence-corrected chi connectivity index (χ0v) is 14.2. The number of nitrogens with zero attached hydrogens (tertiary/aromatic N) is 3. The summed E-state index contributed by atoms with van der Waals surface area (Å²) in [6, 6.07) is 7.48. The number of aromatic nitrogens is 2. The maximum Gasteiger partial charge on any atom is 0.229 e. The van der Waals surface area contributed by atoms with Crippen LogP contribution in [0.4, 0.5) is 17.5 Å². The number of methoxy groups -OCH3 is 1. The second-order valence-corrected chi connectivity index (χ2v) is 6.29. The third-order valence-corrected chi connectivity index (χ3v) is 4.45. The third kappa shape index (κ3) is 3.85. The second-order valence-electron chi connectivity index (χ2n) is 5.88. The van der Waals surface area contributed by atoms with E-state index in [1.54, 1.807) is 19.4 Å². The van der Waals surface area contributed by atoms with Gasteiger partial charge < -0.3 is 15.0 Å². The summed E-state index contributed by atoms with van der Waals surface area (Å²) in [4.78, 5) is 11.2. The molecular formula is C17H21ClN4O. The Bertz CT molecular complexity index is 671. The monoisotopic (exact) mass is 332 g/mol. The minimum atomic E-state index is 0.554. The van der Waals surface area contributed by atoms with Gasteiger partial charge in [-0.15, -0.1) is 0 Å². The van der Waals surface area contributed by atoms with E-state index < -0.39 is 0 Å². The van der Waals surface area contributed by atoms with E-state index in [1.165, 1.54) is 12.8 Å². The van der Waals surface area contributed by atoms with Gasteiger partial charge in [0.1, 0.15) is 11.6 Å². The molecule has 6 heteroatoms. The Kier molecular flexibility index (Phi) is 4.86. The predicted octanol–water partition coefficient (Wildman–Crippen LogP) is 4.12. The largest absolute Gasteiger partial charge is 0.495 e. The number of nitrogens with one attached hydrogen (secondary N) is 1. The van der Waals surface area contributed by atoms with E-state index in [-0.39, 0.29) is 0 Å². The van der Waals surface area contributed by atoms with Crippen molar-refractivity contribution in [2.45, 2.75) is 19.8 Å². The number of halogens is 1. The maximum absolute atomic E-state index is 6.15. The highest BCUT2D eigenvalue weighted by Gasteiger charge is 2.17. The zero-order valence-electron chi connectivity index (χ0n) is 13.4. The first-order valence-electron chi connectivity index (χ1n) is 7.84. The molecule has 1 aliphatic heterocycles. The van der Waals surface area contributed by atoms with Crippen LogP contribution in [-0.4, -0.2) is 30.2 Å². The van der Waals surface area contributed by atoms with Gasteiger partial charge in [-0.1, -0.05) is 18.5 Å². The van der Waals surface area contributed by atoms with Gasteiger partial charge in [-0.25, -0.2) is 4.98 Å². The van der Waals surface area contributed by atoms with Crippen LogP contribution in [0.2, 0.25) is 5.02 Å². The van der Waals surface area contributed by atoms with Gasteiger partial charge in [0, 0.05) is 25.0 Å². The van der Waals surface area contributed by atoms with Gasteiger partial charge in [0.2, 0.25) is 5.95 Å². The van der Waals surface area contributed by atoms with Crippen LogP contribution in [0.15, 0.2) is 30.5 Å². The molecule has 2 aromatic rings. The Morgan fingerprint density at radius 1 is 1.26 bits per heavy atom. The Morgan fingerprint density at radius 2 is 2.04 bits per heavy atom. The molecule has 0 unspecified atom stereocenters. The molecule has 1 aliphatic rings. The van der Waals surface area contributed by atoms with Crippen molar-refractivity contribution in [1.29, 1.82) is 0 Å². The normalized spacial score (nSPS) is 15.5. The van der Waals surface area contributed by atoms with Crippen molar-refractivity contribution in [3.63, 3.8) is 0 Å². The minimum Gasteiger partial charge on any atom is -0.495 e. The number of benzene rings is 1. The van der Waals surface area contributed by atoms with Gasteiger partial charge in [0.15, 0.2) is 0 Å². The van der Waals surface area contributed by atoms with Crippen LogP contribution in [-0.2, 0) is 0 Å². The highest BCUT2D eigenvalue weighted by Crippen LogP contribution is 2.28. The molecule has 0 spiro atoms. The van der Waals surface area contributed by atoms with Gasteiger partial charge >= 0.3 is 0 Å². The molecule has 0 atom stereocenters. The predicted molar refractivity (Wildman–Crippen MR) is 93.9 cm³/mol. The molecule has 1 fully saturated rings. The van der Waals surface area contributed by atoms with E-state index in [1.807, 2.05) is 18.2 Å². The molecule has 1 aromatic carbocycles. The third-order valence-electron chi connectivity index (χ3n) is 4.16. The molecule has 1 aromatic heterocycles. The SMILES string of the molecule is COc1ccc(Nc2nccc(N3CCC(C)CC3)n2)cc1Cl. The molecule has 0 saturated carbocycles. The fraction of sp³-hybridized carbons (Fsp3) is 0.412. The first-order valence-corrected chi connectivity index (χ1v) is 8.22. The van der Waals surface area contributed by atoms with E-state index in [0.29, 0.717) is 16.7 Å². The summed E-state index contributed by atoms with van der Waals surface area (Å²) in [6.07, 6.45) is 4.20. The molecule has 2 heterocycles. The lowest BCUT2D eigenvalue weighted by molar-refractivity contribution is 0.415. The molecule has 0 aliphatic carbocycles. The Labute approximate surface area is 141 Å². The summed E-state index contributed by atoms with van der Waals surface area (Å²) in [5, 5.41) is 3.75. The number of hydrogen-bond donors (Lipinski definition) is 1. The van der Waals surface area contributed by atoms with Gasteiger partial charge in [-0.2, -0.15) is 4.98 Å². The lowest BCUT2D eigenvalue weighted by atomic mass is 9.99. The van der Waals surface area contributed by atoms with Crippen LogP contribution in [0.5, 0.6) is 5.75 Å². The van der Waals surface area contributed by atoms with Crippen LogP contribution in [0.25, 0.3) is 0 Å². The van der Waals surface area contributed by atoms with Crippen LogP contribution >= 0.6 is 11.6 Å². The lowest BCUT2D eigenvalue weighted by Gasteiger charge is -2.31. The van der Waals surface area contributed by atoms with Crippen molar-refractivity contribution >= 4 is 29.1 Å². The molecule has 1 saturated heterocycles. The molecule has 23 heavy (non-hydrogen) atoms. The maximum atomic E-state index is 6.15. The summed E-state index contributed by atoms with van der Waals surface area (Å²) < 4.78 is 5.16. The summed E-state index contributed by atoms with van der Waals surface area (Å²) in [6.45, 7) is 4.40. The highest BCUT2D eigenvalue weighted by molar-refractivity contribution is 6.32. The van der Waals surface area contributed by atoms with Gasteiger partial charge in [-0.05, 0) is 43.0 Å². The van der Waals surface area contributed by atoms with E-state index >= 15 is 0 Å². The number of rotatable bonds is 4. The van der Waals surface area contributed by atoms with Gasteiger partial charge in [0.25, 0.3) is 0 Å². The topological polar surface area (TPSA) is 50.3 Å².